The molecular weight excluding hydrogens is 402 g/mol. The van der Waals surface area contributed by atoms with E-state index in [0.717, 1.165) is 18.4 Å². The van der Waals surface area contributed by atoms with Crippen LogP contribution < -0.4 is 5.32 Å². The zero-order valence-electron chi connectivity index (χ0n) is 16.6. The molecule has 0 radical (unpaired) electrons. The Kier molecular flexibility index (Phi) is 5.69. The molecule has 30 heavy (non-hydrogen) atoms. The normalized spacial score (nSPS) is 15.8. The van der Waals surface area contributed by atoms with Crippen LogP contribution in [0.3, 0.4) is 0 Å². The molecule has 4 rings (SSSR count). The Bertz CT molecular complexity index is 1100. The van der Waals surface area contributed by atoms with E-state index in [1.165, 1.54) is 22.8 Å². The Labute approximate surface area is 175 Å². The van der Waals surface area contributed by atoms with Crippen LogP contribution in [0.1, 0.15) is 30.1 Å². The molecule has 156 valence electrons. The van der Waals surface area contributed by atoms with Crippen molar-refractivity contribution in [3.8, 4) is 11.3 Å². The fraction of sp³-hybridized carbons (Fsp3) is 0.273. The number of benzene rings is 2. The molecule has 0 aliphatic carbocycles. The van der Waals surface area contributed by atoms with Gasteiger partial charge in [-0.2, -0.15) is 4.31 Å². The number of hydrogen-bond acceptors (Lipinski definition) is 5. The van der Waals surface area contributed by atoms with Crippen LogP contribution in [0.15, 0.2) is 70.4 Å². The maximum atomic E-state index is 12.8. The summed E-state index contributed by atoms with van der Waals surface area (Å²) in [6.45, 7) is 3.24. The highest BCUT2D eigenvalue weighted by atomic mass is 32.2. The number of nitrogens with zero attached hydrogens (tertiary/aromatic N) is 2. The van der Waals surface area contributed by atoms with E-state index in [-0.39, 0.29) is 10.8 Å². The molecular formula is C22H23N3O4S. The molecule has 0 unspecified atom stereocenters. The summed E-state index contributed by atoms with van der Waals surface area (Å²) < 4.78 is 32.4. The molecule has 0 saturated carbocycles. The van der Waals surface area contributed by atoms with Gasteiger partial charge in [-0.3, -0.25) is 4.79 Å². The summed E-state index contributed by atoms with van der Waals surface area (Å²) in [4.78, 5) is 16.6. The first-order valence-electron chi connectivity index (χ1n) is 9.84. The first-order chi connectivity index (χ1) is 14.4. The lowest BCUT2D eigenvalue weighted by atomic mass is 10.0. The lowest BCUT2D eigenvalue weighted by molar-refractivity contribution is 0.102. The zero-order chi connectivity index (χ0) is 21.1. The monoisotopic (exact) mass is 425 g/mol. The van der Waals surface area contributed by atoms with Crippen molar-refractivity contribution in [3.05, 3.63) is 66.7 Å². The van der Waals surface area contributed by atoms with Gasteiger partial charge in [0.2, 0.25) is 10.0 Å². The largest absolute Gasteiger partial charge is 0.444 e. The maximum Gasteiger partial charge on any atom is 0.255 e. The second kappa shape index (κ2) is 8.41. The maximum absolute atomic E-state index is 12.8. The highest BCUT2D eigenvalue weighted by molar-refractivity contribution is 7.89. The number of carbonyl (C=O) groups excluding carboxylic acids is 1. The topological polar surface area (TPSA) is 92.5 Å². The molecule has 0 spiro atoms. The van der Waals surface area contributed by atoms with Gasteiger partial charge in [0.05, 0.1) is 11.1 Å². The van der Waals surface area contributed by atoms with Gasteiger partial charge in [-0.05, 0) is 55.2 Å². The van der Waals surface area contributed by atoms with Gasteiger partial charge in [-0.15, -0.1) is 0 Å². The molecule has 1 amide bonds. The molecule has 1 aliphatic rings. The van der Waals surface area contributed by atoms with Crippen LogP contribution in [0.25, 0.3) is 11.3 Å². The smallest absolute Gasteiger partial charge is 0.255 e. The average Bonchev–Trinajstić information content (AvgIpc) is 3.29. The van der Waals surface area contributed by atoms with E-state index in [1.807, 2.05) is 0 Å². The van der Waals surface area contributed by atoms with E-state index >= 15 is 0 Å². The minimum atomic E-state index is -3.50. The summed E-state index contributed by atoms with van der Waals surface area (Å²) in [6.07, 6.45) is 4.71. The molecule has 0 bridgehead atoms. The third-order valence-corrected chi connectivity index (χ3v) is 7.27. The van der Waals surface area contributed by atoms with Crippen LogP contribution >= 0.6 is 0 Å². The number of rotatable bonds is 5. The molecule has 1 fully saturated rings. The first kappa shape index (κ1) is 20.3. The Morgan fingerprint density at radius 1 is 1.07 bits per heavy atom. The first-order valence-corrected chi connectivity index (χ1v) is 11.3. The molecule has 1 aromatic heterocycles. The molecule has 3 aromatic rings. The summed E-state index contributed by atoms with van der Waals surface area (Å²) in [5.74, 6) is 0.903. The molecule has 0 atom stereocenters. The standard InChI is InChI=1S/C22H23N3O4S/c1-16-10-12-25(13-11-16)30(27,28)20-8-6-19(7-9-20)24-22(26)18-4-2-17(3-5-18)21-14-23-15-29-21/h2-9,14-16H,10-13H2,1H3,(H,24,26). The second-order valence-corrected chi connectivity index (χ2v) is 9.45. The minimum Gasteiger partial charge on any atom is -0.444 e. The number of anilines is 1. The van der Waals surface area contributed by atoms with Crippen molar-refractivity contribution in [1.82, 2.24) is 9.29 Å². The quantitative estimate of drug-likeness (QED) is 0.667. The summed E-state index contributed by atoms with van der Waals surface area (Å²) in [5.41, 5.74) is 1.84. The van der Waals surface area contributed by atoms with Crippen LogP contribution in [0, 0.1) is 5.92 Å². The van der Waals surface area contributed by atoms with Gasteiger partial charge >= 0.3 is 0 Å². The van der Waals surface area contributed by atoms with Crippen LogP contribution in [-0.4, -0.2) is 36.7 Å². The van der Waals surface area contributed by atoms with Crippen LogP contribution in [-0.2, 0) is 10.0 Å². The molecule has 8 heteroatoms. The van der Waals surface area contributed by atoms with E-state index < -0.39 is 10.0 Å². The van der Waals surface area contributed by atoms with E-state index in [1.54, 1.807) is 42.6 Å². The van der Waals surface area contributed by atoms with Crippen LogP contribution in [0.5, 0.6) is 0 Å². The SMILES string of the molecule is CC1CCN(S(=O)(=O)c2ccc(NC(=O)c3ccc(-c4cnco4)cc3)cc2)CC1. The Morgan fingerprint density at radius 3 is 2.33 bits per heavy atom. The van der Waals surface area contributed by atoms with E-state index in [2.05, 4.69) is 17.2 Å². The Balaban J connectivity index is 1.42. The molecule has 7 nitrogen and oxygen atoms in total. The van der Waals surface area contributed by atoms with Gasteiger partial charge in [0, 0.05) is 29.9 Å². The summed E-state index contributed by atoms with van der Waals surface area (Å²) in [7, 11) is -3.50. The number of carbonyl (C=O) groups is 1. The van der Waals surface area contributed by atoms with Crippen molar-refractivity contribution in [1.29, 1.82) is 0 Å². The number of amides is 1. The summed E-state index contributed by atoms with van der Waals surface area (Å²) in [5, 5.41) is 2.79. The van der Waals surface area contributed by atoms with Gasteiger partial charge in [0.25, 0.3) is 5.91 Å². The van der Waals surface area contributed by atoms with E-state index in [4.69, 9.17) is 4.42 Å². The lowest BCUT2D eigenvalue weighted by Gasteiger charge is -2.29. The van der Waals surface area contributed by atoms with Gasteiger partial charge in [-0.25, -0.2) is 13.4 Å². The van der Waals surface area contributed by atoms with Crippen molar-refractivity contribution in [2.24, 2.45) is 5.92 Å². The minimum absolute atomic E-state index is 0.242. The number of piperidine rings is 1. The highest BCUT2D eigenvalue weighted by Crippen LogP contribution is 2.25. The van der Waals surface area contributed by atoms with Gasteiger partial charge in [0.15, 0.2) is 12.2 Å². The average molecular weight is 426 g/mol. The fourth-order valence-electron chi connectivity index (χ4n) is 3.43. The molecule has 1 saturated heterocycles. The number of nitrogens with one attached hydrogen (secondary N) is 1. The van der Waals surface area contributed by atoms with E-state index in [9.17, 15) is 13.2 Å². The molecule has 2 heterocycles. The Hall–Kier alpha value is -2.97. The van der Waals surface area contributed by atoms with Crippen LogP contribution in [0.2, 0.25) is 0 Å². The van der Waals surface area contributed by atoms with Gasteiger partial charge in [0.1, 0.15) is 0 Å². The molecule has 1 aliphatic heterocycles. The number of hydrogen-bond donors (Lipinski definition) is 1. The fourth-order valence-corrected chi connectivity index (χ4v) is 4.90. The van der Waals surface area contributed by atoms with Crippen LogP contribution in [0.4, 0.5) is 5.69 Å². The zero-order valence-corrected chi connectivity index (χ0v) is 17.4. The third-order valence-electron chi connectivity index (χ3n) is 5.36. The predicted molar refractivity (Wildman–Crippen MR) is 113 cm³/mol. The van der Waals surface area contributed by atoms with Crippen molar-refractivity contribution in [2.45, 2.75) is 24.7 Å². The highest BCUT2D eigenvalue weighted by Gasteiger charge is 2.27. The number of aromatic nitrogens is 1. The second-order valence-electron chi connectivity index (χ2n) is 7.51. The predicted octanol–water partition coefficient (Wildman–Crippen LogP) is 4.01. The van der Waals surface area contributed by atoms with Crippen molar-refractivity contribution in [3.63, 3.8) is 0 Å². The molecule has 1 N–H and O–H groups in total. The summed E-state index contributed by atoms with van der Waals surface area (Å²) in [6, 6.07) is 13.3. The Morgan fingerprint density at radius 2 is 1.73 bits per heavy atom. The van der Waals surface area contributed by atoms with Gasteiger partial charge in [-0.1, -0.05) is 19.1 Å². The number of sulfonamides is 1. The van der Waals surface area contributed by atoms with Crippen molar-refractivity contribution >= 4 is 21.6 Å². The van der Waals surface area contributed by atoms with Gasteiger partial charge < -0.3 is 9.73 Å². The molecule has 2 aromatic carbocycles. The van der Waals surface area contributed by atoms with E-state index in [0.29, 0.717) is 36.0 Å². The van der Waals surface area contributed by atoms with Crippen molar-refractivity contribution < 1.29 is 17.6 Å². The lowest BCUT2D eigenvalue weighted by Crippen LogP contribution is -2.37. The number of oxazole rings is 1. The summed E-state index contributed by atoms with van der Waals surface area (Å²) >= 11 is 0. The van der Waals surface area contributed by atoms with Crippen molar-refractivity contribution in [2.75, 3.05) is 18.4 Å². The third kappa shape index (κ3) is 4.29.